The molecule has 1 aromatic heterocycles. The molecule has 0 atom stereocenters. The zero-order chi connectivity index (χ0) is 16.2. The fourth-order valence-electron chi connectivity index (χ4n) is 2.58. The maximum atomic E-state index is 12.8. The largest absolute Gasteiger partial charge is 0.497 e. The van der Waals surface area contributed by atoms with Gasteiger partial charge in [0.25, 0.3) is 5.91 Å². The number of carbonyl (C=O) groups excluding carboxylic acids is 1. The molecular formula is C18H20N2O3. The first-order chi connectivity index (χ1) is 11.2. The van der Waals surface area contributed by atoms with Crippen molar-refractivity contribution in [3.05, 3.63) is 53.9 Å². The van der Waals surface area contributed by atoms with Crippen LogP contribution in [0.25, 0.3) is 0 Å². The highest BCUT2D eigenvalue weighted by atomic mass is 16.5. The van der Waals surface area contributed by atoms with Crippen LogP contribution in [0.1, 0.15) is 28.9 Å². The first-order valence-electron chi connectivity index (χ1n) is 7.66. The molecule has 0 spiro atoms. The van der Waals surface area contributed by atoms with Crippen LogP contribution in [0.2, 0.25) is 0 Å². The molecule has 1 heterocycles. The number of ether oxygens (including phenoxy) is 2. The van der Waals surface area contributed by atoms with Gasteiger partial charge in [-0.25, -0.2) is 0 Å². The van der Waals surface area contributed by atoms with Crippen molar-refractivity contribution in [1.29, 1.82) is 0 Å². The third-order valence-corrected chi connectivity index (χ3v) is 3.96. The van der Waals surface area contributed by atoms with E-state index in [1.807, 2.05) is 35.2 Å². The summed E-state index contributed by atoms with van der Waals surface area (Å²) in [7, 11) is 3.26. The molecule has 3 rings (SSSR count). The molecule has 1 fully saturated rings. The Bertz CT molecular complexity index is 684. The van der Waals surface area contributed by atoms with E-state index in [1.54, 1.807) is 26.5 Å². The summed E-state index contributed by atoms with van der Waals surface area (Å²) in [6.45, 7) is 0.487. The fraction of sp³-hybridized carbons (Fsp3) is 0.333. The minimum atomic E-state index is -0.0435. The van der Waals surface area contributed by atoms with E-state index < -0.39 is 0 Å². The highest BCUT2D eigenvalue weighted by Crippen LogP contribution is 2.32. The number of methoxy groups -OCH3 is 2. The van der Waals surface area contributed by atoms with Gasteiger partial charge in [0.1, 0.15) is 17.2 Å². The highest BCUT2D eigenvalue weighted by molar-refractivity contribution is 5.92. The first-order valence-corrected chi connectivity index (χ1v) is 7.66. The lowest BCUT2D eigenvalue weighted by atomic mass is 10.1. The minimum Gasteiger partial charge on any atom is -0.497 e. The van der Waals surface area contributed by atoms with Crippen molar-refractivity contribution < 1.29 is 14.3 Å². The van der Waals surface area contributed by atoms with Gasteiger partial charge in [-0.3, -0.25) is 9.78 Å². The van der Waals surface area contributed by atoms with Crippen molar-refractivity contribution in [2.45, 2.75) is 25.4 Å². The molecule has 5 nitrogen and oxygen atoms in total. The average molecular weight is 312 g/mol. The van der Waals surface area contributed by atoms with Crippen LogP contribution < -0.4 is 9.47 Å². The Balaban J connectivity index is 1.87. The van der Waals surface area contributed by atoms with Crippen LogP contribution in [-0.4, -0.2) is 36.1 Å². The number of rotatable bonds is 6. The van der Waals surface area contributed by atoms with Crippen LogP contribution in [0, 0.1) is 0 Å². The second-order valence-electron chi connectivity index (χ2n) is 5.56. The summed E-state index contributed by atoms with van der Waals surface area (Å²) in [6, 6.07) is 11.3. The Kier molecular flexibility index (Phi) is 4.46. The average Bonchev–Trinajstić information content (AvgIpc) is 3.44. The quantitative estimate of drug-likeness (QED) is 0.823. The maximum absolute atomic E-state index is 12.8. The molecule has 0 unspecified atom stereocenters. The summed E-state index contributed by atoms with van der Waals surface area (Å²) in [5.41, 5.74) is 1.41. The predicted molar refractivity (Wildman–Crippen MR) is 86.7 cm³/mol. The monoisotopic (exact) mass is 312 g/mol. The number of pyridine rings is 1. The van der Waals surface area contributed by atoms with Gasteiger partial charge in [0, 0.05) is 17.8 Å². The van der Waals surface area contributed by atoms with E-state index in [2.05, 4.69) is 4.98 Å². The molecule has 1 aliphatic carbocycles. The third kappa shape index (κ3) is 3.44. The first kappa shape index (κ1) is 15.3. The second kappa shape index (κ2) is 6.69. The van der Waals surface area contributed by atoms with Crippen molar-refractivity contribution >= 4 is 5.91 Å². The number of nitrogens with zero attached hydrogens (tertiary/aromatic N) is 2. The molecule has 0 saturated heterocycles. The number of hydrogen-bond donors (Lipinski definition) is 0. The molecule has 1 aliphatic rings. The van der Waals surface area contributed by atoms with Gasteiger partial charge in [0.15, 0.2) is 0 Å². The fourth-order valence-corrected chi connectivity index (χ4v) is 2.58. The van der Waals surface area contributed by atoms with E-state index in [1.165, 1.54) is 0 Å². The van der Waals surface area contributed by atoms with E-state index in [9.17, 15) is 4.79 Å². The van der Waals surface area contributed by atoms with Crippen LogP contribution in [-0.2, 0) is 6.54 Å². The number of aromatic nitrogens is 1. The van der Waals surface area contributed by atoms with Gasteiger partial charge >= 0.3 is 0 Å². The van der Waals surface area contributed by atoms with Gasteiger partial charge in [-0.1, -0.05) is 6.07 Å². The Morgan fingerprint density at radius 2 is 2.04 bits per heavy atom. The number of benzene rings is 1. The summed E-state index contributed by atoms with van der Waals surface area (Å²) in [6.07, 6.45) is 3.71. The molecule has 1 aromatic carbocycles. The molecule has 0 aliphatic heterocycles. The zero-order valence-corrected chi connectivity index (χ0v) is 13.4. The van der Waals surface area contributed by atoms with Crippen LogP contribution in [0.5, 0.6) is 11.5 Å². The lowest BCUT2D eigenvalue weighted by Gasteiger charge is -2.23. The van der Waals surface area contributed by atoms with Gasteiger partial charge in [-0.15, -0.1) is 0 Å². The van der Waals surface area contributed by atoms with E-state index in [-0.39, 0.29) is 11.9 Å². The number of carbonyl (C=O) groups is 1. The molecule has 1 saturated carbocycles. The molecule has 0 bridgehead atoms. The smallest absolute Gasteiger partial charge is 0.272 e. The summed E-state index contributed by atoms with van der Waals surface area (Å²) in [4.78, 5) is 18.8. The van der Waals surface area contributed by atoms with E-state index in [0.717, 1.165) is 29.9 Å². The molecule has 1 amide bonds. The Morgan fingerprint density at radius 3 is 2.65 bits per heavy atom. The number of amides is 1. The van der Waals surface area contributed by atoms with Gasteiger partial charge in [-0.05, 0) is 43.2 Å². The van der Waals surface area contributed by atoms with Crippen molar-refractivity contribution in [3.63, 3.8) is 0 Å². The van der Waals surface area contributed by atoms with E-state index in [4.69, 9.17) is 9.47 Å². The summed E-state index contributed by atoms with van der Waals surface area (Å²) < 4.78 is 10.7. The Hall–Kier alpha value is -2.56. The van der Waals surface area contributed by atoms with Gasteiger partial charge in [0.2, 0.25) is 0 Å². The molecule has 120 valence electrons. The molecular weight excluding hydrogens is 292 g/mol. The summed E-state index contributed by atoms with van der Waals surface area (Å²) in [5, 5.41) is 0. The molecule has 0 N–H and O–H groups in total. The lowest BCUT2D eigenvalue weighted by molar-refractivity contribution is 0.0722. The SMILES string of the molecule is COc1ccc(OC)c(CN(C(=O)c2ccccn2)C2CC2)c1. The van der Waals surface area contributed by atoms with Crippen molar-refractivity contribution in [2.75, 3.05) is 14.2 Å². The summed E-state index contributed by atoms with van der Waals surface area (Å²) >= 11 is 0. The highest BCUT2D eigenvalue weighted by Gasteiger charge is 2.34. The summed E-state index contributed by atoms with van der Waals surface area (Å²) in [5.74, 6) is 1.46. The maximum Gasteiger partial charge on any atom is 0.272 e. The van der Waals surface area contributed by atoms with Crippen molar-refractivity contribution in [1.82, 2.24) is 9.88 Å². The van der Waals surface area contributed by atoms with Gasteiger partial charge in [0.05, 0.1) is 20.8 Å². The second-order valence-corrected chi connectivity index (χ2v) is 5.56. The topological polar surface area (TPSA) is 51.7 Å². The third-order valence-electron chi connectivity index (χ3n) is 3.96. The zero-order valence-electron chi connectivity index (χ0n) is 13.4. The minimum absolute atomic E-state index is 0.0435. The lowest BCUT2D eigenvalue weighted by Crippen LogP contribution is -2.33. The van der Waals surface area contributed by atoms with Crippen LogP contribution >= 0.6 is 0 Å². The molecule has 0 radical (unpaired) electrons. The molecule has 2 aromatic rings. The van der Waals surface area contributed by atoms with E-state index >= 15 is 0 Å². The van der Waals surface area contributed by atoms with Crippen molar-refractivity contribution in [3.8, 4) is 11.5 Å². The van der Waals surface area contributed by atoms with Gasteiger partial charge < -0.3 is 14.4 Å². The predicted octanol–water partition coefficient (Wildman–Crippen LogP) is 2.90. The Labute approximate surface area is 135 Å². The van der Waals surface area contributed by atoms with E-state index in [0.29, 0.717) is 12.2 Å². The van der Waals surface area contributed by atoms with Crippen LogP contribution in [0.15, 0.2) is 42.6 Å². The van der Waals surface area contributed by atoms with Crippen LogP contribution in [0.3, 0.4) is 0 Å². The molecule has 23 heavy (non-hydrogen) atoms. The van der Waals surface area contributed by atoms with Crippen LogP contribution in [0.4, 0.5) is 0 Å². The standard InChI is InChI=1S/C18H20N2O3/c1-22-15-8-9-17(23-2)13(11-15)12-20(14-6-7-14)18(21)16-5-3-4-10-19-16/h3-5,8-11,14H,6-7,12H2,1-2H3. The number of hydrogen-bond acceptors (Lipinski definition) is 4. The van der Waals surface area contributed by atoms with Crippen molar-refractivity contribution in [2.24, 2.45) is 0 Å². The Morgan fingerprint density at radius 1 is 1.22 bits per heavy atom. The normalized spacial score (nSPS) is 13.5. The van der Waals surface area contributed by atoms with Gasteiger partial charge in [-0.2, -0.15) is 0 Å². The molecule has 5 heteroatoms.